The van der Waals surface area contributed by atoms with Crippen molar-refractivity contribution in [3.8, 4) is 22.9 Å². The summed E-state index contributed by atoms with van der Waals surface area (Å²) in [5.74, 6) is 2.27. The molecule has 11 nitrogen and oxygen atoms in total. The number of anilines is 2. The molecule has 35 heavy (non-hydrogen) atoms. The summed E-state index contributed by atoms with van der Waals surface area (Å²) < 4.78 is 16.1. The predicted molar refractivity (Wildman–Crippen MR) is 126 cm³/mol. The first kappa shape index (κ1) is 22.5. The number of carbonyl (C=O) groups excluding carboxylic acids is 2. The van der Waals surface area contributed by atoms with E-state index in [0.29, 0.717) is 49.3 Å². The van der Waals surface area contributed by atoms with Crippen molar-refractivity contribution in [2.45, 2.75) is 19.1 Å². The minimum Gasteiger partial charge on any atom is -0.497 e. The monoisotopic (exact) mass is 476 g/mol. The van der Waals surface area contributed by atoms with Crippen molar-refractivity contribution < 1.29 is 23.8 Å². The summed E-state index contributed by atoms with van der Waals surface area (Å²) in [5.41, 5.74) is 1.73. The third-order valence-electron chi connectivity index (χ3n) is 5.60. The largest absolute Gasteiger partial charge is 0.497 e. The second-order valence-electron chi connectivity index (χ2n) is 8.04. The molecule has 1 aromatic carbocycles. The Labute approximate surface area is 201 Å². The zero-order valence-corrected chi connectivity index (χ0v) is 19.1. The van der Waals surface area contributed by atoms with Crippen LogP contribution in [-0.4, -0.2) is 59.9 Å². The molecule has 2 aliphatic heterocycles. The van der Waals surface area contributed by atoms with E-state index < -0.39 is 6.09 Å². The molecule has 1 unspecified atom stereocenters. The van der Waals surface area contributed by atoms with Crippen LogP contribution in [0.1, 0.15) is 12.1 Å². The number of hydrogen-bond donors (Lipinski definition) is 2. The summed E-state index contributed by atoms with van der Waals surface area (Å²) in [7, 11) is 1.62. The molecule has 3 aromatic rings. The van der Waals surface area contributed by atoms with Crippen molar-refractivity contribution in [3.05, 3.63) is 54.4 Å². The average molecular weight is 476 g/mol. The van der Waals surface area contributed by atoms with Crippen LogP contribution in [0.25, 0.3) is 11.4 Å². The van der Waals surface area contributed by atoms with Crippen LogP contribution in [0, 0.1) is 0 Å². The molecule has 2 N–H and O–H groups in total. The van der Waals surface area contributed by atoms with Crippen LogP contribution < -0.4 is 25.0 Å². The zero-order chi connectivity index (χ0) is 24.2. The summed E-state index contributed by atoms with van der Waals surface area (Å²) in [6, 6.07) is 12.8. The lowest BCUT2D eigenvalue weighted by atomic mass is 10.2. The Hall–Kier alpha value is -4.25. The highest BCUT2D eigenvalue weighted by atomic mass is 16.6. The number of methoxy groups -OCH3 is 1. The van der Waals surface area contributed by atoms with Gasteiger partial charge in [-0.1, -0.05) is 12.1 Å². The second-order valence-corrected chi connectivity index (χ2v) is 8.04. The van der Waals surface area contributed by atoms with Gasteiger partial charge in [-0.3, -0.25) is 9.69 Å². The van der Waals surface area contributed by atoms with E-state index in [2.05, 4.69) is 25.6 Å². The smallest absolute Gasteiger partial charge is 0.415 e. The van der Waals surface area contributed by atoms with E-state index in [1.54, 1.807) is 25.4 Å². The van der Waals surface area contributed by atoms with Gasteiger partial charge in [0.15, 0.2) is 24.0 Å². The Morgan fingerprint density at radius 2 is 2.11 bits per heavy atom. The van der Waals surface area contributed by atoms with E-state index in [0.717, 1.165) is 17.0 Å². The highest BCUT2D eigenvalue weighted by Crippen LogP contribution is 2.30. The number of hydrogen-bond acceptors (Lipinski definition) is 9. The van der Waals surface area contributed by atoms with Crippen molar-refractivity contribution in [2.75, 3.05) is 37.0 Å². The first-order valence-corrected chi connectivity index (χ1v) is 11.2. The molecule has 1 saturated heterocycles. The lowest BCUT2D eigenvalue weighted by molar-refractivity contribution is -0.118. The number of rotatable bonds is 8. The first-order valence-electron chi connectivity index (χ1n) is 11.2. The minimum absolute atomic E-state index is 0.0494. The number of benzene rings is 1. The van der Waals surface area contributed by atoms with E-state index in [1.807, 2.05) is 30.3 Å². The molecule has 2 aromatic heterocycles. The predicted octanol–water partition coefficient (Wildman–Crippen LogP) is 2.38. The fourth-order valence-corrected chi connectivity index (χ4v) is 3.84. The van der Waals surface area contributed by atoms with Gasteiger partial charge in [0, 0.05) is 18.3 Å². The second kappa shape index (κ2) is 9.94. The third-order valence-corrected chi connectivity index (χ3v) is 5.60. The molecule has 2 aliphatic rings. The van der Waals surface area contributed by atoms with Crippen LogP contribution in [0.15, 0.2) is 48.7 Å². The van der Waals surface area contributed by atoms with Gasteiger partial charge in [-0.15, -0.1) is 0 Å². The zero-order valence-electron chi connectivity index (χ0n) is 19.1. The molecule has 1 atom stereocenters. The Kier molecular flexibility index (Phi) is 6.40. The van der Waals surface area contributed by atoms with Crippen molar-refractivity contribution in [2.24, 2.45) is 0 Å². The van der Waals surface area contributed by atoms with Crippen LogP contribution in [0.4, 0.5) is 16.4 Å². The SMILES string of the molecule is COc1cccc(-c2nccc(CNCCC3CN(c4ccc5c(n4)NC(=O)CO5)C(=O)O3)n2)c1. The highest BCUT2D eigenvalue weighted by molar-refractivity contribution is 5.95. The van der Waals surface area contributed by atoms with E-state index in [1.165, 1.54) is 4.90 Å². The Morgan fingerprint density at radius 3 is 3.00 bits per heavy atom. The average Bonchev–Trinajstić information content (AvgIpc) is 3.26. The molecule has 180 valence electrons. The molecular weight excluding hydrogens is 452 g/mol. The Balaban J connectivity index is 1.13. The summed E-state index contributed by atoms with van der Waals surface area (Å²) in [4.78, 5) is 38.7. The van der Waals surface area contributed by atoms with Gasteiger partial charge in [0.1, 0.15) is 17.7 Å². The summed E-state index contributed by atoms with van der Waals surface area (Å²) >= 11 is 0. The molecule has 5 rings (SSSR count). The van der Waals surface area contributed by atoms with E-state index in [9.17, 15) is 9.59 Å². The molecule has 0 bridgehead atoms. The van der Waals surface area contributed by atoms with Crippen LogP contribution in [-0.2, 0) is 16.1 Å². The van der Waals surface area contributed by atoms with Gasteiger partial charge in [-0.05, 0) is 43.3 Å². The third kappa shape index (κ3) is 5.14. The molecule has 0 aliphatic carbocycles. The van der Waals surface area contributed by atoms with E-state index >= 15 is 0 Å². The lowest BCUT2D eigenvalue weighted by Crippen LogP contribution is -2.29. The Bertz CT molecular complexity index is 1250. The van der Waals surface area contributed by atoms with Gasteiger partial charge >= 0.3 is 6.09 Å². The number of ether oxygens (including phenoxy) is 3. The maximum Gasteiger partial charge on any atom is 0.415 e. The number of carbonyl (C=O) groups is 2. The standard InChI is InChI=1S/C24H24N6O5/c1-33-17-4-2-3-15(11-17)22-26-10-7-16(27-22)12-25-9-8-18-13-30(24(32)35-18)20-6-5-19-23(28-20)29-21(31)14-34-19/h2-7,10-11,18,25H,8-9,12-14H2,1H3,(H,28,29,31). The van der Waals surface area contributed by atoms with Gasteiger partial charge in [0.05, 0.1) is 19.3 Å². The van der Waals surface area contributed by atoms with Crippen molar-refractivity contribution in [1.29, 1.82) is 0 Å². The normalized spacial score (nSPS) is 16.8. The summed E-state index contributed by atoms with van der Waals surface area (Å²) in [6.07, 6.45) is 1.61. The number of aromatic nitrogens is 3. The summed E-state index contributed by atoms with van der Waals surface area (Å²) in [6.45, 7) is 1.50. The fourth-order valence-electron chi connectivity index (χ4n) is 3.84. The number of pyridine rings is 1. The number of nitrogens with one attached hydrogen (secondary N) is 2. The number of amides is 2. The van der Waals surface area contributed by atoms with Gasteiger partial charge in [-0.2, -0.15) is 0 Å². The molecule has 0 saturated carbocycles. The van der Waals surface area contributed by atoms with Crippen molar-refractivity contribution >= 4 is 23.6 Å². The van der Waals surface area contributed by atoms with Crippen LogP contribution in [0.3, 0.4) is 0 Å². The van der Waals surface area contributed by atoms with Gasteiger partial charge in [0.25, 0.3) is 5.91 Å². The first-order chi connectivity index (χ1) is 17.1. The molecule has 11 heteroatoms. The molecule has 1 fully saturated rings. The van der Waals surface area contributed by atoms with Crippen molar-refractivity contribution in [3.63, 3.8) is 0 Å². The molecule has 0 spiro atoms. The van der Waals surface area contributed by atoms with Crippen molar-refractivity contribution in [1.82, 2.24) is 20.3 Å². The molecule has 0 radical (unpaired) electrons. The summed E-state index contributed by atoms with van der Waals surface area (Å²) in [5, 5.41) is 5.99. The number of nitrogens with zero attached hydrogens (tertiary/aromatic N) is 4. The van der Waals surface area contributed by atoms with Crippen LogP contribution in [0.2, 0.25) is 0 Å². The minimum atomic E-state index is -0.468. The van der Waals surface area contributed by atoms with Gasteiger partial charge < -0.3 is 24.8 Å². The molecule has 2 amide bonds. The molecular formula is C24H24N6O5. The number of cyclic esters (lactones) is 1. The van der Waals surface area contributed by atoms with E-state index in [4.69, 9.17) is 14.2 Å². The quantitative estimate of drug-likeness (QED) is 0.471. The maximum atomic E-state index is 12.4. The number of fused-ring (bicyclic) bond motifs is 1. The van der Waals surface area contributed by atoms with Gasteiger partial charge in [-0.25, -0.2) is 19.7 Å². The Morgan fingerprint density at radius 1 is 1.20 bits per heavy atom. The van der Waals surface area contributed by atoms with Crippen LogP contribution >= 0.6 is 0 Å². The molecule has 4 heterocycles. The van der Waals surface area contributed by atoms with E-state index in [-0.39, 0.29) is 18.6 Å². The maximum absolute atomic E-state index is 12.4. The van der Waals surface area contributed by atoms with Crippen LogP contribution in [0.5, 0.6) is 11.5 Å². The van der Waals surface area contributed by atoms with Gasteiger partial charge in [0.2, 0.25) is 0 Å². The highest BCUT2D eigenvalue weighted by Gasteiger charge is 2.33. The lowest BCUT2D eigenvalue weighted by Gasteiger charge is -2.19. The topological polar surface area (TPSA) is 128 Å². The fraction of sp³-hybridized carbons (Fsp3) is 0.292.